The average molecular weight is 263 g/mol. The Morgan fingerprint density at radius 3 is 2.20 bits per heavy atom. The topological polar surface area (TPSA) is 40.9 Å². The van der Waals surface area contributed by atoms with Crippen molar-refractivity contribution < 1.29 is 4.79 Å². The van der Waals surface area contributed by atoms with Crippen LogP contribution in [-0.4, -0.2) is 5.78 Å². The highest BCUT2D eigenvalue weighted by atomic mass is 16.1. The first-order valence-corrected chi connectivity index (χ1v) is 6.62. The monoisotopic (exact) mass is 263 g/mol. The lowest BCUT2D eigenvalue weighted by atomic mass is 9.74. The molecule has 0 spiro atoms. The quantitative estimate of drug-likeness (QED) is 0.845. The van der Waals surface area contributed by atoms with E-state index in [9.17, 15) is 10.1 Å². The van der Waals surface area contributed by atoms with Gasteiger partial charge in [-0.3, -0.25) is 4.79 Å². The van der Waals surface area contributed by atoms with Crippen molar-refractivity contribution in [1.82, 2.24) is 0 Å². The number of hydrogen-bond donors (Lipinski definition) is 0. The predicted molar refractivity (Wildman–Crippen MR) is 79.3 cm³/mol. The number of aryl methyl sites for hydroxylation is 1. The van der Waals surface area contributed by atoms with Crippen LogP contribution >= 0.6 is 0 Å². The van der Waals surface area contributed by atoms with E-state index in [1.165, 1.54) is 12.5 Å². The lowest BCUT2D eigenvalue weighted by molar-refractivity contribution is -0.120. The first kappa shape index (κ1) is 14.0. The molecule has 0 aliphatic rings. The summed E-state index contributed by atoms with van der Waals surface area (Å²) in [4.78, 5) is 12.1. The van der Waals surface area contributed by atoms with Crippen molar-refractivity contribution in [3.63, 3.8) is 0 Å². The van der Waals surface area contributed by atoms with Crippen LogP contribution in [0.5, 0.6) is 0 Å². The summed E-state index contributed by atoms with van der Waals surface area (Å²) in [6, 6.07) is 19.5. The maximum absolute atomic E-state index is 12.1. The van der Waals surface area contributed by atoms with Gasteiger partial charge in [-0.25, -0.2) is 0 Å². The lowest BCUT2D eigenvalue weighted by Crippen LogP contribution is -2.35. The number of nitrogens with zero attached hydrogens (tertiary/aromatic N) is 1. The summed E-state index contributed by atoms with van der Waals surface area (Å²) in [5, 5.41) is 9.65. The van der Waals surface area contributed by atoms with Crippen LogP contribution < -0.4 is 0 Å². The molecule has 1 atom stereocenters. The Labute approximate surface area is 119 Å². The molecule has 20 heavy (non-hydrogen) atoms. The molecule has 2 aromatic carbocycles. The maximum Gasteiger partial charge on any atom is 0.154 e. The number of carbonyl (C=O) groups is 1. The van der Waals surface area contributed by atoms with Gasteiger partial charge in [0.1, 0.15) is 5.41 Å². The van der Waals surface area contributed by atoms with Crippen LogP contribution in [0.3, 0.4) is 0 Å². The molecule has 1 unspecified atom stereocenters. The average Bonchev–Trinajstić information content (AvgIpc) is 2.47. The number of Topliss-reactive ketones (excluding diaryl/α,β-unsaturated/α-hetero) is 1. The summed E-state index contributed by atoms with van der Waals surface area (Å²) < 4.78 is 0. The Bertz CT molecular complexity index is 637. The van der Waals surface area contributed by atoms with Gasteiger partial charge >= 0.3 is 0 Å². The molecular formula is C18H17NO. The van der Waals surface area contributed by atoms with Crippen LogP contribution in [0.15, 0.2) is 54.6 Å². The third kappa shape index (κ3) is 2.62. The van der Waals surface area contributed by atoms with Crippen molar-refractivity contribution in [2.24, 2.45) is 0 Å². The minimum atomic E-state index is -1.10. The summed E-state index contributed by atoms with van der Waals surface area (Å²) in [5.74, 6) is -0.119. The Kier molecular flexibility index (Phi) is 4.00. The van der Waals surface area contributed by atoms with E-state index in [1.807, 2.05) is 61.5 Å². The van der Waals surface area contributed by atoms with Crippen LogP contribution in [0.2, 0.25) is 0 Å². The van der Waals surface area contributed by atoms with Crippen LogP contribution in [0.25, 0.3) is 0 Å². The Morgan fingerprint density at radius 1 is 1.10 bits per heavy atom. The zero-order valence-corrected chi connectivity index (χ0v) is 11.8. The Balaban J connectivity index is 2.46. The smallest absolute Gasteiger partial charge is 0.154 e. The summed E-state index contributed by atoms with van der Waals surface area (Å²) >= 11 is 0. The largest absolute Gasteiger partial charge is 0.298 e. The van der Waals surface area contributed by atoms with E-state index in [2.05, 4.69) is 6.07 Å². The highest BCUT2D eigenvalue weighted by Crippen LogP contribution is 2.29. The number of hydrogen-bond acceptors (Lipinski definition) is 2. The molecule has 0 radical (unpaired) electrons. The van der Waals surface area contributed by atoms with Gasteiger partial charge in [-0.2, -0.15) is 5.26 Å². The number of rotatable bonds is 4. The highest BCUT2D eigenvalue weighted by molar-refractivity contribution is 5.91. The third-order valence-electron chi connectivity index (χ3n) is 3.65. The van der Waals surface area contributed by atoms with Gasteiger partial charge in [0.05, 0.1) is 6.07 Å². The van der Waals surface area contributed by atoms with Gasteiger partial charge in [-0.1, -0.05) is 60.2 Å². The molecule has 0 bridgehead atoms. The molecule has 0 heterocycles. The van der Waals surface area contributed by atoms with Crippen LogP contribution in [-0.2, 0) is 16.6 Å². The van der Waals surface area contributed by atoms with Gasteiger partial charge in [0.15, 0.2) is 5.78 Å². The highest BCUT2D eigenvalue weighted by Gasteiger charge is 2.37. The minimum absolute atomic E-state index is 0.119. The molecule has 0 saturated carbocycles. The molecule has 0 N–H and O–H groups in total. The molecular weight excluding hydrogens is 246 g/mol. The number of ketones is 1. The molecule has 0 fully saturated rings. The first-order chi connectivity index (χ1) is 9.58. The molecule has 0 aromatic heterocycles. The number of benzene rings is 2. The standard InChI is InChI=1S/C18H17NO/c1-14-8-10-16(11-9-14)12-18(13-19,15(2)20)17-6-4-3-5-7-17/h3-11H,12H2,1-2H3. The van der Waals surface area contributed by atoms with Crippen molar-refractivity contribution >= 4 is 5.78 Å². The van der Waals surface area contributed by atoms with Crippen LogP contribution in [0.1, 0.15) is 23.6 Å². The molecule has 2 nitrogen and oxygen atoms in total. The molecule has 0 amide bonds. The normalized spacial score (nSPS) is 13.2. The van der Waals surface area contributed by atoms with Crippen molar-refractivity contribution in [3.8, 4) is 6.07 Å². The number of nitriles is 1. The van der Waals surface area contributed by atoms with Gasteiger partial charge in [0, 0.05) is 6.42 Å². The lowest BCUT2D eigenvalue weighted by Gasteiger charge is -2.24. The molecule has 0 aliphatic heterocycles. The predicted octanol–water partition coefficient (Wildman–Crippen LogP) is 3.59. The molecule has 0 aliphatic carbocycles. The Hall–Kier alpha value is -2.40. The second-order valence-corrected chi connectivity index (χ2v) is 5.10. The molecule has 0 saturated heterocycles. The zero-order valence-electron chi connectivity index (χ0n) is 11.8. The van der Waals surface area contributed by atoms with Gasteiger partial charge in [0.25, 0.3) is 0 Å². The summed E-state index contributed by atoms with van der Waals surface area (Å²) in [6.07, 6.45) is 0.406. The summed E-state index contributed by atoms with van der Waals surface area (Å²) in [7, 11) is 0. The number of carbonyl (C=O) groups excluding carboxylic acids is 1. The Morgan fingerprint density at radius 2 is 1.70 bits per heavy atom. The van der Waals surface area contributed by atoms with E-state index in [-0.39, 0.29) is 5.78 Å². The summed E-state index contributed by atoms with van der Waals surface area (Å²) in [5.41, 5.74) is 1.82. The SMILES string of the molecule is CC(=O)C(C#N)(Cc1ccc(C)cc1)c1ccccc1. The fourth-order valence-corrected chi connectivity index (χ4v) is 2.35. The summed E-state index contributed by atoms with van der Waals surface area (Å²) in [6.45, 7) is 3.51. The third-order valence-corrected chi connectivity index (χ3v) is 3.65. The van der Waals surface area contributed by atoms with Gasteiger partial charge in [-0.05, 0) is 25.0 Å². The molecule has 2 rings (SSSR count). The van der Waals surface area contributed by atoms with E-state index in [0.29, 0.717) is 6.42 Å². The molecule has 100 valence electrons. The molecule has 2 aromatic rings. The molecule has 2 heteroatoms. The maximum atomic E-state index is 12.1. The van der Waals surface area contributed by atoms with Gasteiger partial charge < -0.3 is 0 Å². The van der Waals surface area contributed by atoms with E-state index in [1.54, 1.807) is 0 Å². The van der Waals surface area contributed by atoms with Crippen LogP contribution in [0.4, 0.5) is 0 Å². The van der Waals surface area contributed by atoms with Gasteiger partial charge in [-0.15, -0.1) is 0 Å². The second kappa shape index (κ2) is 5.71. The first-order valence-electron chi connectivity index (χ1n) is 6.62. The van der Waals surface area contributed by atoms with E-state index < -0.39 is 5.41 Å². The van der Waals surface area contributed by atoms with Crippen LogP contribution in [0, 0.1) is 18.3 Å². The van der Waals surface area contributed by atoms with Gasteiger partial charge in [0.2, 0.25) is 0 Å². The van der Waals surface area contributed by atoms with Crippen molar-refractivity contribution in [2.75, 3.05) is 0 Å². The van der Waals surface area contributed by atoms with Crippen molar-refractivity contribution in [3.05, 3.63) is 71.3 Å². The van der Waals surface area contributed by atoms with E-state index in [0.717, 1.165) is 11.1 Å². The van der Waals surface area contributed by atoms with Crippen molar-refractivity contribution in [1.29, 1.82) is 5.26 Å². The fraction of sp³-hybridized carbons (Fsp3) is 0.222. The second-order valence-electron chi connectivity index (χ2n) is 5.10. The zero-order chi connectivity index (χ0) is 14.6. The van der Waals surface area contributed by atoms with E-state index >= 15 is 0 Å². The minimum Gasteiger partial charge on any atom is -0.298 e. The van der Waals surface area contributed by atoms with E-state index in [4.69, 9.17) is 0 Å². The van der Waals surface area contributed by atoms with Crippen molar-refractivity contribution in [2.45, 2.75) is 25.7 Å². The fourth-order valence-electron chi connectivity index (χ4n) is 2.35.